The Hall–Kier alpha value is -0.630. The third kappa shape index (κ3) is 1.33. The van der Waals surface area contributed by atoms with Crippen molar-refractivity contribution >= 4 is 5.78 Å². The minimum absolute atomic E-state index is 0.107. The highest BCUT2D eigenvalue weighted by Crippen LogP contribution is 2.48. The summed E-state index contributed by atoms with van der Waals surface area (Å²) in [7, 11) is 0. The Balaban J connectivity index is 2.47. The van der Waals surface area contributed by atoms with Gasteiger partial charge in [0.15, 0.2) is 5.78 Å². The van der Waals surface area contributed by atoms with Gasteiger partial charge in [-0.15, -0.1) is 0 Å². The number of fused-ring (bicyclic) bond motifs is 1. The number of Topliss-reactive ketones (excluding diaryl/α,β-unsaturated/α-hetero) is 1. The smallest absolute Gasteiger partial charge is 0.158 e. The molecule has 0 aromatic rings. The lowest BCUT2D eigenvalue weighted by molar-refractivity contribution is -0.117. The molecule has 0 bridgehead atoms. The molecule has 2 rings (SSSR count). The fourth-order valence-corrected chi connectivity index (χ4v) is 3.06. The zero-order valence-electron chi connectivity index (χ0n) is 8.97. The molecule has 14 heavy (non-hydrogen) atoms. The molecular formula is C12H18O2. The molecule has 2 nitrogen and oxygen atoms in total. The van der Waals surface area contributed by atoms with Gasteiger partial charge in [0.2, 0.25) is 0 Å². The van der Waals surface area contributed by atoms with Crippen molar-refractivity contribution in [2.45, 2.75) is 52.1 Å². The maximum atomic E-state index is 11.6. The maximum absolute atomic E-state index is 11.6. The van der Waals surface area contributed by atoms with Gasteiger partial charge < -0.3 is 5.11 Å². The van der Waals surface area contributed by atoms with Crippen molar-refractivity contribution in [3.8, 4) is 0 Å². The van der Waals surface area contributed by atoms with Crippen molar-refractivity contribution in [3.05, 3.63) is 11.1 Å². The van der Waals surface area contributed by atoms with Crippen LogP contribution in [0.2, 0.25) is 0 Å². The highest BCUT2D eigenvalue weighted by Gasteiger charge is 2.41. The van der Waals surface area contributed by atoms with Crippen LogP contribution in [0.3, 0.4) is 0 Å². The number of carbonyl (C=O) groups is 1. The second-order valence-electron chi connectivity index (χ2n) is 4.93. The van der Waals surface area contributed by atoms with Crippen LogP contribution in [0.5, 0.6) is 0 Å². The minimum atomic E-state index is -0.363. The Labute approximate surface area is 85.0 Å². The Morgan fingerprint density at radius 3 is 2.86 bits per heavy atom. The van der Waals surface area contributed by atoms with Crippen LogP contribution in [-0.2, 0) is 4.79 Å². The molecule has 0 radical (unpaired) electrons. The first-order valence-corrected chi connectivity index (χ1v) is 5.47. The monoisotopic (exact) mass is 194 g/mol. The normalized spacial score (nSPS) is 38.5. The van der Waals surface area contributed by atoms with Crippen LogP contribution in [0, 0.1) is 5.41 Å². The molecule has 2 heteroatoms. The number of allylic oxidation sites excluding steroid dienone is 1. The van der Waals surface area contributed by atoms with Gasteiger partial charge >= 0.3 is 0 Å². The van der Waals surface area contributed by atoms with E-state index >= 15 is 0 Å². The van der Waals surface area contributed by atoms with Gasteiger partial charge in [-0.3, -0.25) is 4.79 Å². The summed E-state index contributed by atoms with van der Waals surface area (Å²) < 4.78 is 0. The quantitative estimate of drug-likeness (QED) is 0.642. The fourth-order valence-electron chi connectivity index (χ4n) is 3.06. The predicted molar refractivity (Wildman–Crippen MR) is 54.9 cm³/mol. The summed E-state index contributed by atoms with van der Waals surface area (Å²) in [6, 6.07) is 0. The number of rotatable bonds is 0. The molecule has 1 fully saturated rings. The molecule has 0 aromatic carbocycles. The van der Waals surface area contributed by atoms with Gasteiger partial charge in [0, 0.05) is 6.42 Å². The number of aliphatic hydroxyl groups excluding tert-OH is 1. The van der Waals surface area contributed by atoms with Gasteiger partial charge in [0.25, 0.3) is 0 Å². The van der Waals surface area contributed by atoms with Crippen molar-refractivity contribution in [1.82, 2.24) is 0 Å². The molecule has 0 amide bonds. The van der Waals surface area contributed by atoms with Crippen molar-refractivity contribution in [2.24, 2.45) is 5.41 Å². The van der Waals surface area contributed by atoms with E-state index in [-0.39, 0.29) is 17.3 Å². The van der Waals surface area contributed by atoms with E-state index in [0.29, 0.717) is 6.42 Å². The molecule has 1 saturated carbocycles. The molecule has 1 N–H and O–H groups in total. The zero-order valence-corrected chi connectivity index (χ0v) is 8.97. The van der Waals surface area contributed by atoms with Crippen molar-refractivity contribution in [3.63, 3.8) is 0 Å². The summed E-state index contributed by atoms with van der Waals surface area (Å²) in [6.07, 6.45) is 4.27. The van der Waals surface area contributed by atoms with E-state index in [1.165, 1.54) is 0 Å². The van der Waals surface area contributed by atoms with Crippen LogP contribution in [0.4, 0.5) is 0 Å². The number of carbonyl (C=O) groups excluding carboxylic acids is 1. The first kappa shape index (κ1) is 9.91. The van der Waals surface area contributed by atoms with Crippen LogP contribution in [0.1, 0.15) is 46.0 Å². The van der Waals surface area contributed by atoms with E-state index in [9.17, 15) is 9.90 Å². The minimum Gasteiger partial charge on any atom is -0.389 e. The summed E-state index contributed by atoms with van der Waals surface area (Å²) in [5.41, 5.74) is 1.99. The molecule has 78 valence electrons. The van der Waals surface area contributed by atoms with Gasteiger partial charge in [0.1, 0.15) is 0 Å². The molecular weight excluding hydrogens is 176 g/mol. The van der Waals surface area contributed by atoms with E-state index in [0.717, 1.165) is 36.8 Å². The van der Waals surface area contributed by atoms with E-state index in [1.54, 1.807) is 0 Å². The Morgan fingerprint density at radius 2 is 2.14 bits per heavy atom. The Kier molecular flexibility index (Phi) is 2.26. The van der Waals surface area contributed by atoms with E-state index < -0.39 is 0 Å². The highest BCUT2D eigenvalue weighted by atomic mass is 16.3. The van der Waals surface area contributed by atoms with Crippen LogP contribution < -0.4 is 0 Å². The highest BCUT2D eigenvalue weighted by molar-refractivity contribution is 5.97. The van der Waals surface area contributed by atoms with Crippen molar-refractivity contribution in [2.75, 3.05) is 0 Å². The van der Waals surface area contributed by atoms with Crippen molar-refractivity contribution < 1.29 is 9.90 Å². The molecule has 0 aromatic heterocycles. The summed E-state index contributed by atoms with van der Waals surface area (Å²) in [4.78, 5) is 11.6. The SMILES string of the molecule is CC1=C2[C@H](O)CCCC2(C)CCC1=O. The molecule has 0 heterocycles. The Morgan fingerprint density at radius 1 is 1.43 bits per heavy atom. The van der Waals surface area contributed by atoms with Gasteiger partial charge in [-0.1, -0.05) is 6.92 Å². The van der Waals surface area contributed by atoms with Gasteiger partial charge in [-0.25, -0.2) is 0 Å². The Bertz CT molecular complexity index is 303. The first-order chi connectivity index (χ1) is 6.54. The summed E-state index contributed by atoms with van der Waals surface area (Å²) in [6.45, 7) is 4.07. The third-order valence-corrected chi connectivity index (χ3v) is 3.92. The fraction of sp³-hybridized carbons (Fsp3) is 0.750. The summed E-state index contributed by atoms with van der Waals surface area (Å²) in [5, 5.41) is 9.95. The van der Waals surface area contributed by atoms with Crippen LogP contribution in [0.15, 0.2) is 11.1 Å². The van der Waals surface area contributed by atoms with Crippen LogP contribution in [-0.4, -0.2) is 17.0 Å². The topological polar surface area (TPSA) is 37.3 Å². The van der Waals surface area contributed by atoms with E-state index in [1.807, 2.05) is 6.92 Å². The first-order valence-electron chi connectivity index (χ1n) is 5.47. The lowest BCUT2D eigenvalue weighted by Crippen LogP contribution is -2.37. The average Bonchev–Trinajstić information content (AvgIpc) is 2.12. The second-order valence-corrected chi connectivity index (χ2v) is 4.93. The summed E-state index contributed by atoms with van der Waals surface area (Å²) in [5.74, 6) is 0.235. The summed E-state index contributed by atoms with van der Waals surface area (Å²) >= 11 is 0. The maximum Gasteiger partial charge on any atom is 0.158 e. The molecule has 2 atom stereocenters. The molecule has 0 aliphatic heterocycles. The van der Waals surface area contributed by atoms with Crippen LogP contribution in [0.25, 0.3) is 0 Å². The lowest BCUT2D eigenvalue weighted by atomic mass is 9.63. The zero-order chi connectivity index (χ0) is 10.3. The average molecular weight is 194 g/mol. The largest absolute Gasteiger partial charge is 0.389 e. The molecule has 2 aliphatic carbocycles. The van der Waals surface area contributed by atoms with Gasteiger partial charge in [-0.05, 0) is 49.2 Å². The third-order valence-electron chi connectivity index (χ3n) is 3.92. The number of hydrogen-bond donors (Lipinski definition) is 1. The lowest BCUT2D eigenvalue weighted by Gasteiger charge is -2.43. The molecule has 0 saturated heterocycles. The number of aliphatic hydroxyl groups is 1. The molecule has 2 aliphatic rings. The number of hydrogen-bond acceptors (Lipinski definition) is 2. The van der Waals surface area contributed by atoms with Crippen LogP contribution >= 0.6 is 0 Å². The van der Waals surface area contributed by atoms with Gasteiger partial charge in [0.05, 0.1) is 6.10 Å². The standard InChI is InChI=1S/C12H18O2/c1-8-9(13)5-7-12(2)6-3-4-10(14)11(8)12/h10,14H,3-7H2,1-2H3/t10-,12?/m1/s1. The second kappa shape index (κ2) is 3.20. The molecule has 0 spiro atoms. The van der Waals surface area contributed by atoms with E-state index in [4.69, 9.17) is 0 Å². The predicted octanol–water partition coefficient (Wildman–Crippen LogP) is 2.22. The molecule has 1 unspecified atom stereocenters. The van der Waals surface area contributed by atoms with E-state index in [2.05, 4.69) is 6.92 Å². The van der Waals surface area contributed by atoms with Gasteiger partial charge in [-0.2, -0.15) is 0 Å². The van der Waals surface area contributed by atoms with Crippen molar-refractivity contribution in [1.29, 1.82) is 0 Å². The number of ketones is 1.